The molecule has 2 aromatic rings. The summed E-state index contributed by atoms with van der Waals surface area (Å²) < 4.78 is 68.8. The Balaban J connectivity index is 1.78. The van der Waals surface area contributed by atoms with Crippen molar-refractivity contribution in [1.82, 2.24) is 0 Å². The van der Waals surface area contributed by atoms with Gasteiger partial charge in [-0.3, -0.25) is 0 Å². The average molecular weight is 382 g/mol. The summed E-state index contributed by atoms with van der Waals surface area (Å²) in [4.78, 5) is 0. The van der Waals surface area contributed by atoms with Crippen molar-refractivity contribution in [2.75, 3.05) is 0 Å². The molecule has 0 nitrogen and oxygen atoms in total. The lowest BCUT2D eigenvalue weighted by molar-refractivity contribution is 0.307. The molecule has 0 aromatic heterocycles. The summed E-state index contributed by atoms with van der Waals surface area (Å²) in [6.07, 6.45) is 5.97. The highest BCUT2D eigenvalue weighted by molar-refractivity contribution is 5.33. The Labute approximate surface area is 156 Å². The number of hydrogen-bond donors (Lipinski definition) is 0. The molecule has 0 radical (unpaired) electrons. The van der Waals surface area contributed by atoms with Gasteiger partial charge in [-0.2, -0.15) is 0 Å². The van der Waals surface area contributed by atoms with Gasteiger partial charge in [-0.05, 0) is 72.9 Å². The van der Waals surface area contributed by atoms with E-state index >= 15 is 0 Å². The van der Waals surface area contributed by atoms with Crippen LogP contribution in [0.1, 0.15) is 68.1 Å². The SMILES string of the molecule is CCC[C@H]1CC[C@H](c2cc(F)c(Cc3cc(F)c(F)c(F)c3)c(F)c2)CC1. The molecule has 1 saturated carbocycles. The summed E-state index contributed by atoms with van der Waals surface area (Å²) >= 11 is 0. The maximum absolute atomic E-state index is 14.5. The molecule has 27 heavy (non-hydrogen) atoms. The van der Waals surface area contributed by atoms with E-state index < -0.39 is 29.1 Å². The highest BCUT2D eigenvalue weighted by Crippen LogP contribution is 2.38. The normalized spacial score (nSPS) is 20.1. The van der Waals surface area contributed by atoms with Crippen molar-refractivity contribution >= 4 is 0 Å². The first kappa shape index (κ1) is 19.8. The van der Waals surface area contributed by atoms with E-state index in [0.29, 0.717) is 11.5 Å². The van der Waals surface area contributed by atoms with Crippen LogP contribution >= 0.6 is 0 Å². The van der Waals surface area contributed by atoms with Crippen LogP contribution in [0.25, 0.3) is 0 Å². The molecule has 0 spiro atoms. The minimum Gasteiger partial charge on any atom is -0.207 e. The maximum atomic E-state index is 14.5. The zero-order chi connectivity index (χ0) is 19.6. The minimum atomic E-state index is -1.59. The van der Waals surface area contributed by atoms with Gasteiger partial charge in [-0.15, -0.1) is 0 Å². The van der Waals surface area contributed by atoms with Crippen LogP contribution in [0, 0.1) is 35.0 Å². The quantitative estimate of drug-likeness (QED) is 0.384. The molecular weight excluding hydrogens is 359 g/mol. The molecule has 1 aliphatic carbocycles. The fraction of sp³-hybridized carbons (Fsp3) is 0.455. The van der Waals surface area contributed by atoms with Crippen molar-refractivity contribution < 1.29 is 22.0 Å². The van der Waals surface area contributed by atoms with Gasteiger partial charge in [0.15, 0.2) is 17.5 Å². The summed E-state index contributed by atoms with van der Waals surface area (Å²) in [5.74, 6) is -4.96. The van der Waals surface area contributed by atoms with Crippen LogP contribution in [0.5, 0.6) is 0 Å². The second kappa shape index (κ2) is 8.41. The van der Waals surface area contributed by atoms with E-state index in [-0.39, 0.29) is 23.5 Å². The van der Waals surface area contributed by atoms with Gasteiger partial charge in [0.1, 0.15) is 11.6 Å². The van der Waals surface area contributed by atoms with Gasteiger partial charge in [0, 0.05) is 12.0 Å². The number of benzene rings is 2. The molecule has 2 aromatic carbocycles. The van der Waals surface area contributed by atoms with E-state index in [0.717, 1.165) is 44.2 Å². The van der Waals surface area contributed by atoms with E-state index in [9.17, 15) is 22.0 Å². The molecule has 5 heteroatoms. The van der Waals surface area contributed by atoms with E-state index in [2.05, 4.69) is 6.92 Å². The largest absolute Gasteiger partial charge is 0.207 e. The molecule has 0 unspecified atom stereocenters. The second-order valence-corrected chi connectivity index (χ2v) is 7.52. The monoisotopic (exact) mass is 382 g/mol. The van der Waals surface area contributed by atoms with Crippen molar-refractivity contribution in [2.24, 2.45) is 5.92 Å². The van der Waals surface area contributed by atoms with Crippen molar-refractivity contribution in [3.05, 3.63) is 70.0 Å². The predicted molar refractivity (Wildman–Crippen MR) is 95.1 cm³/mol. The maximum Gasteiger partial charge on any atom is 0.194 e. The lowest BCUT2D eigenvalue weighted by atomic mass is 9.77. The van der Waals surface area contributed by atoms with Crippen molar-refractivity contribution in [1.29, 1.82) is 0 Å². The summed E-state index contributed by atoms with van der Waals surface area (Å²) in [6, 6.07) is 4.19. The van der Waals surface area contributed by atoms with Gasteiger partial charge in [0.25, 0.3) is 0 Å². The molecule has 0 N–H and O–H groups in total. The molecule has 3 rings (SSSR count). The first-order valence-corrected chi connectivity index (χ1v) is 9.50. The molecule has 0 bridgehead atoms. The fourth-order valence-corrected chi connectivity index (χ4v) is 4.13. The Hall–Kier alpha value is -1.91. The van der Waals surface area contributed by atoms with Crippen LogP contribution in [-0.2, 0) is 6.42 Å². The lowest BCUT2D eigenvalue weighted by Crippen LogP contribution is -2.14. The Morgan fingerprint density at radius 1 is 0.778 bits per heavy atom. The third-order valence-electron chi connectivity index (χ3n) is 5.60. The smallest absolute Gasteiger partial charge is 0.194 e. The Morgan fingerprint density at radius 2 is 1.33 bits per heavy atom. The zero-order valence-corrected chi connectivity index (χ0v) is 15.3. The molecule has 146 valence electrons. The lowest BCUT2D eigenvalue weighted by Gasteiger charge is -2.29. The van der Waals surface area contributed by atoms with Gasteiger partial charge in [0.2, 0.25) is 0 Å². The average Bonchev–Trinajstić information content (AvgIpc) is 2.63. The summed E-state index contributed by atoms with van der Waals surface area (Å²) in [7, 11) is 0. The molecule has 0 amide bonds. The van der Waals surface area contributed by atoms with Crippen LogP contribution < -0.4 is 0 Å². The Kier molecular flexibility index (Phi) is 6.18. The van der Waals surface area contributed by atoms with Gasteiger partial charge >= 0.3 is 0 Å². The van der Waals surface area contributed by atoms with Gasteiger partial charge < -0.3 is 0 Å². The van der Waals surface area contributed by atoms with Gasteiger partial charge in [-0.25, -0.2) is 22.0 Å². The van der Waals surface area contributed by atoms with Crippen molar-refractivity contribution in [3.8, 4) is 0 Å². The molecule has 0 atom stereocenters. The van der Waals surface area contributed by atoms with Crippen LogP contribution in [0.15, 0.2) is 24.3 Å². The minimum absolute atomic E-state index is 0.0166. The van der Waals surface area contributed by atoms with Crippen molar-refractivity contribution in [3.63, 3.8) is 0 Å². The summed E-state index contributed by atoms with van der Waals surface area (Å²) in [5.41, 5.74) is 0.362. The number of rotatable bonds is 5. The van der Waals surface area contributed by atoms with Crippen LogP contribution in [-0.4, -0.2) is 0 Å². The van der Waals surface area contributed by atoms with Gasteiger partial charge in [0.05, 0.1) is 0 Å². The zero-order valence-electron chi connectivity index (χ0n) is 15.3. The van der Waals surface area contributed by atoms with E-state index in [1.54, 1.807) is 0 Å². The molecular formula is C22H23F5. The van der Waals surface area contributed by atoms with Crippen LogP contribution in [0.3, 0.4) is 0 Å². The topological polar surface area (TPSA) is 0 Å². The molecule has 0 saturated heterocycles. The van der Waals surface area contributed by atoms with Crippen LogP contribution in [0.2, 0.25) is 0 Å². The second-order valence-electron chi connectivity index (χ2n) is 7.52. The third kappa shape index (κ3) is 4.50. The summed E-state index contributed by atoms with van der Waals surface area (Å²) in [6.45, 7) is 2.16. The van der Waals surface area contributed by atoms with Crippen molar-refractivity contribution in [2.45, 2.75) is 57.8 Å². The Morgan fingerprint density at radius 3 is 1.85 bits per heavy atom. The third-order valence-corrected chi connectivity index (χ3v) is 5.60. The number of halogens is 5. The van der Waals surface area contributed by atoms with E-state index in [4.69, 9.17) is 0 Å². The summed E-state index contributed by atoms with van der Waals surface area (Å²) in [5, 5.41) is 0. The molecule has 0 heterocycles. The van der Waals surface area contributed by atoms with Gasteiger partial charge in [-0.1, -0.05) is 19.8 Å². The first-order chi connectivity index (χ1) is 12.9. The van der Waals surface area contributed by atoms with E-state index in [1.807, 2.05) is 0 Å². The number of hydrogen-bond acceptors (Lipinski definition) is 0. The molecule has 1 fully saturated rings. The van der Waals surface area contributed by atoms with E-state index in [1.165, 1.54) is 18.6 Å². The van der Waals surface area contributed by atoms with Crippen LogP contribution in [0.4, 0.5) is 22.0 Å². The highest BCUT2D eigenvalue weighted by Gasteiger charge is 2.24. The molecule has 0 aliphatic heterocycles. The fourth-order valence-electron chi connectivity index (χ4n) is 4.13. The first-order valence-electron chi connectivity index (χ1n) is 9.50. The standard InChI is InChI=1S/C22H23F5/c1-2-3-13-4-6-15(7-5-13)16-11-18(23)17(19(24)12-16)8-14-9-20(25)22(27)21(26)10-14/h9-13,15H,2-8H2,1H3/t13-,15-. The highest BCUT2D eigenvalue weighted by atomic mass is 19.2. The predicted octanol–water partition coefficient (Wildman–Crippen LogP) is 7.05. The molecule has 1 aliphatic rings. The Bertz CT molecular complexity index is 760.